The van der Waals surface area contributed by atoms with E-state index < -0.39 is 0 Å². The maximum absolute atomic E-state index is 12.2. The van der Waals surface area contributed by atoms with Gasteiger partial charge in [-0.15, -0.1) is 22.7 Å². The van der Waals surface area contributed by atoms with Crippen LogP contribution in [0.3, 0.4) is 0 Å². The van der Waals surface area contributed by atoms with Crippen molar-refractivity contribution in [3.63, 3.8) is 0 Å². The Morgan fingerprint density at radius 2 is 1.58 bits per heavy atom. The van der Waals surface area contributed by atoms with Crippen LogP contribution in [0.25, 0.3) is 9.40 Å². The number of halogens is 1. The molecule has 0 spiro atoms. The van der Waals surface area contributed by atoms with E-state index in [0.29, 0.717) is 12.2 Å². The molecule has 0 radical (unpaired) electrons. The van der Waals surface area contributed by atoms with Gasteiger partial charge in [-0.2, -0.15) is 0 Å². The second-order valence-electron chi connectivity index (χ2n) is 6.82. The maximum Gasteiger partial charge on any atom is 0.341 e. The summed E-state index contributed by atoms with van der Waals surface area (Å²) in [4.78, 5) is 12.2. The molecule has 146 valence electrons. The first-order valence-electron chi connectivity index (χ1n) is 10.0. The number of carbonyl (C=O) groups excluding carboxylic acids is 1. The average molecular weight is 460 g/mol. The van der Waals surface area contributed by atoms with Gasteiger partial charge in [0.2, 0.25) is 0 Å². The lowest BCUT2D eigenvalue weighted by Crippen LogP contribution is -2.03. The lowest BCUT2D eigenvalue weighted by Gasteiger charge is -2.02. The summed E-state index contributed by atoms with van der Waals surface area (Å²) in [7, 11) is 0. The van der Waals surface area contributed by atoms with Crippen molar-refractivity contribution < 1.29 is 9.53 Å². The van der Waals surface area contributed by atoms with E-state index in [1.54, 1.807) is 22.7 Å². The molecule has 2 heterocycles. The van der Waals surface area contributed by atoms with Crippen molar-refractivity contribution in [2.45, 2.75) is 84.5 Å². The molecule has 2 rings (SSSR count). The lowest BCUT2D eigenvalue weighted by atomic mass is 10.0. The Morgan fingerprint density at radius 1 is 0.962 bits per heavy atom. The highest BCUT2D eigenvalue weighted by Crippen LogP contribution is 2.42. The van der Waals surface area contributed by atoms with Crippen LogP contribution >= 0.6 is 38.6 Å². The van der Waals surface area contributed by atoms with Crippen LogP contribution in [0.4, 0.5) is 0 Å². The fraction of sp³-hybridized carbons (Fsp3) is 0.667. The predicted molar refractivity (Wildman–Crippen MR) is 119 cm³/mol. The van der Waals surface area contributed by atoms with E-state index in [2.05, 4.69) is 28.2 Å². The summed E-state index contributed by atoms with van der Waals surface area (Å²) in [6, 6.07) is 0. The standard InChI is InChI=1S/C21H31BrO2S2/c1-3-5-6-7-8-9-10-11-12-13-14-16-15-25-19-17(21(23)24-4-2)20(22)26-18(16)19/h15H,3-14H2,1-2H3. The van der Waals surface area contributed by atoms with E-state index in [4.69, 9.17) is 4.74 Å². The molecule has 0 aliphatic carbocycles. The van der Waals surface area contributed by atoms with Gasteiger partial charge in [0.1, 0.15) is 5.56 Å². The minimum absolute atomic E-state index is 0.210. The third kappa shape index (κ3) is 6.35. The van der Waals surface area contributed by atoms with E-state index in [-0.39, 0.29) is 5.97 Å². The molecular formula is C21H31BrO2S2. The Kier molecular flexibility index (Phi) is 10.2. The van der Waals surface area contributed by atoms with Crippen molar-refractivity contribution in [2.24, 2.45) is 0 Å². The lowest BCUT2D eigenvalue weighted by molar-refractivity contribution is 0.0528. The van der Waals surface area contributed by atoms with Crippen LogP contribution in [-0.4, -0.2) is 12.6 Å². The summed E-state index contributed by atoms with van der Waals surface area (Å²) in [5.74, 6) is -0.210. The Morgan fingerprint density at radius 3 is 2.19 bits per heavy atom. The zero-order valence-corrected chi connectivity index (χ0v) is 19.3. The molecule has 0 aliphatic rings. The van der Waals surface area contributed by atoms with E-state index >= 15 is 0 Å². The Bertz CT molecular complexity index is 675. The van der Waals surface area contributed by atoms with E-state index in [0.717, 1.165) is 14.9 Å². The topological polar surface area (TPSA) is 26.3 Å². The first-order chi connectivity index (χ1) is 12.7. The van der Waals surface area contributed by atoms with Crippen LogP contribution in [-0.2, 0) is 11.2 Å². The number of carbonyl (C=O) groups is 1. The SMILES string of the molecule is CCCCCCCCCCCCc1csc2c(C(=O)OCC)c(Br)sc12. The van der Waals surface area contributed by atoms with Gasteiger partial charge in [0.15, 0.2) is 0 Å². The molecular weight excluding hydrogens is 428 g/mol. The minimum Gasteiger partial charge on any atom is -0.462 e. The van der Waals surface area contributed by atoms with Gasteiger partial charge in [-0.25, -0.2) is 4.79 Å². The van der Waals surface area contributed by atoms with Gasteiger partial charge in [0.25, 0.3) is 0 Å². The normalized spacial score (nSPS) is 11.3. The van der Waals surface area contributed by atoms with Crippen LogP contribution in [0, 0.1) is 0 Å². The molecule has 0 N–H and O–H groups in total. The monoisotopic (exact) mass is 458 g/mol. The van der Waals surface area contributed by atoms with Crippen LogP contribution in [0.2, 0.25) is 0 Å². The van der Waals surface area contributed by atoms with E-state index in [1.165, 1.54) is 74.5 Å². The molecule has 0 aromatic carbocycles. The largest absolute Gasteiger partial charge is 0.462 e. The van der Waals surface area contributed by atoms with Gasteiger partial charge < -0.3 is 4.74 Å². The third-order valence-corrected chi connectivity index (χ3v) is 7.82. The summed E-state index contributed by atoms with van der Waals surface area (Å²) in [6.45, 7) is 4.54. The van der Waals surface area contributed by atoms with Gasteiger partial charge in [0, 0.05) is 0 Å². The summed E-state index contributed by atoms with van der Waals surface area (Å²) < 4.78 is 8.45. The van der Waals surface area contributed by atoms with Gasteiger partial charge in [-0.1, -0.05) is 64.7 Å². The second-order valence-corrected chi connectivity index (χ2v) is 10.0. The summed E-state index contributed by atoms with van der Waals surface area (Å²) >= 11 is 6.90. The van der Waals surface area contributed by atoms with Gasteiger partial charge >= 0.3 is 5.97 Å². The quantitative estimate of drug-likeness (QED) is 0.222. The number of aryl methyl sites for hydroxylation is 1. The number of hydrogen-bond acceptors (Lipinski definition) is 4. The van der Waals surface area contributed by atoms with Crippen molar-refractivity contribution in [3.05, 3.63) is 20.3 Å². The molecule has 0 saturated heterocycles. The number of rotatable bonds is 13. The number of hydrogen-bond donors (Lipinski definition) is 0. The predicted octanol–water partition coefficient (Wildman–Crippen LogP) is 8.37. The maximum atomic E-state index is 12.2. The molecule has 0 saturated carbocycles. The molecule has 2 nitrogen and oxygen atoms in total. The molecule has 0 aliphatic heterocycles. The third-order valence-electron chi connectivity index (χ3n) is 4.71. The van der Waals surface area contributed by atoms with Crippen LogP contribution in [0.5, 0.6) is 0 Å². The molecule has 0 unspecified atom stereocenters. The molecule has 0 atom stereocenters. The second kappa shape index (κ2) is 12.1. The summed E-state index contributed by atoms with van der Waals surface area (Å²) in [6.07, 6.45) is 14.8. The highest BCUT2D eigenvalue weighted by atomic mass is 79.9. The summed E-state index contributed by atoms with van der Waals surface area (Å²) in [5, 5.41) is 2.23. The molecule has 2 aromatic heterocycles. The molecule has 5 heteroatoms. The van der Waals surface area contributed by atoms with E-state index in [9.17, 15) is 4.79 Å². The average Bonchev–Trinajstić information content (AvgIpc) is 3.14. The highest BCUT2D eigenvalue weighted by Gasteiger charge is 2.21. The zero-order chi connectivity index (χ0) is 18.8. The van der Waals surface area contributed by atoms with Crippen molar-refractivity contribution in [1.29, 1.82) is 0 Å². The zero-order valence-electron chi connectivity index (χ0n) is 16.1. The number of unbranched alkanes of at least 4 members (excludes halogenated alkanes) is 9. The number of esters is 1. The van der Waals surface area contributed by atoms with Crippen molar-refractivity contribution in [2.75, 3.05) is 6.61 Å². The minimum atomic E-state index is -0.210. The fourth-order valence-corrected chi connectivity index (χ4v) is 6.62. The van der Waals surface area contributed by atoms with Crippen molar-refractivity contribution in [3.8, 4) is 0 Å². The number of thiophene rings is 2. The molecule has 2 aromatic rings. The van der Waals surface area contributed by atoms with Crippen LogP contribution in [0.1, 0.15) is 94.0 Å². The fourth-order valence-electron chi connectivity index (χ4n) is 3.25. The molecule has 0 bridgehead atoms. The van der Waals surface area contributed by atoms with Crippen LogP contribution in [0.15, 0.2) is 9.17 Å². The molecule has 0 fully saturated rings. The first-order valence-corrected chi connectivity index (χ1v) is 12.5. The highest BCUT2D eigenvalue weighted by molar-refractivity contribution is 9.11. The molecule has 0 amide bonds. The smallest absolute Gasteiger partial charge is 0.341 e. The van der Waals surface area contributed by atoms with Gasteiger partial charge in [-0.3, -0.25) is 0 Å². The van der Waals surface area contributed by atoms with Crippen LogP contribution < -0.4 is 0 Å². The number of ether oxygens (including phenoxy) is 1. The Hall–Kier alpha value is -0.390. The van der Waals surface area contributed by atoms with E-state index in [1.807, 2.05) is 6.92 Å². The Balaban J connectivity index is 1.73. The summed E-state index contributed by atoms with van der Waals surface area (Å²) in [5.41, 5.74) is 2.11. The molecule has 26 heavy (non-hydrogen) atoms. The van der Waals surface area contributed by atoms with Crippen molar-refractivity contribution in [1.82, 2.24) is 0 Å². The Labute approximate surface area is 174 Å². The van der Waals surface area contributed by atoms with Gasteiger partial charge in [0.05, 0.1) is 19.8 Å². The first kappa shape index (κ1) is 21.9. The van der Waals surface area contributed by atoms with Gasteiger partial charge in [-0.05, 0) is 46.6 Å². The number of fused-ring (bicyclic) bond motifs is 1. The van der Waals surface area contributed by atoms with Crippen molar-refractivity contribution >= 4 is 54.0 Å².